The molecule has 25 heteroatoms. The molecule has 0 bridgehead atoms. The van der Waals surface area contributed by atoms with Crippen molar-refractivity contribution in [2.24, 2.45) is 14.1 Å². The van der Waals surface area contributed by atoms with Crippen LogP contribution in [0.25, 0.3) is 46.2 Å². The number of hydrogen-bond acceptors (Lipinski definition) is 14. The summed E-state index contributed by atoms with van der Waals surface area (Å²) in [6.45, 7) is 9.96. The monoisotopic (exact) mass is 961 g/mol. The molecule has 2 aromatic carbocycles. The summed E-state index contributed by atoms with van der Waals surface area (Å²) in [5, 5.41) is 22.8. The van der Waals surface area contributed by atoms with Gasteiger partial charge in [0.15, 0.2) is 0 Å². The highest BCUT2D eigenvalue weighted by Crippen LogP contribution is 2.28. The third-order valence-corrected chi connectivity index (χ3v) is 9.27. The number of halogens is 7. The van der Waals surface area contributed by atoms with E-state index in [1.165, 1.54) is 60.5 Å². The van der Waals surface area contributed by atoms with Crippen LogP contribution < -0.4 is 9.47 Å². The zero-order valence-electron chi connectivity index (χ0n) is 36.1. The van der Waals surface area contributed by atoms with Crippen molar-refractivity contribution in [1.82, 2.24) is 64.6 Å². The Labute approximate surface area is 384 Å². The highest BCUT2D eigenvalue weighted by atomic mass is 35.5. The van der Waals surface area contributed by atoms with Crippen molar-refractivity contribution < 1.29 is 49.6 Å². The van der Waals surface area contributed by atoms with Gasteiger partial charge in [-0.1, -0.05) is 17.7 Å². The summed E-state index contributed by atoms with van der Waals surface area (Å²) in [6.07, 6.45) is -4.86. The highest BCUT2D eigenvalue weighted by molar-refractivity contribution is 6.16. The van der Waals surface area contributed by atoms with Gasteiger partial charge >= 0.3 is 12.7 Å². The Morgan fingerprint density at radius 1 is 0.687 bits per heavy atom. The second kappa shape index (κ2) is 22.4. The lowest BCUT2D eigenvalue weighted by molar-refractivity contribution is -0.275. The van der Waals surface area contributed by atoms with E-state index in [9.17, 15) is 26.3 Å². The topological polar surface area (TPSA) is 201 Å². The maximum absolute atomic E-state index is 12.3. The van der Waals surface area contributed by atoms with Crippen LogP contribution in [0.1, 0.15) is 54.6 Å². The number of hydrogen-bond donors (Lipinski definition) is 1. The summed E-state index contributed by atoms with van der Waals surface area (Å²) >= 11 is 5.62. The Balaban J connectivity index is 0.000000197. The van der Waals surface area contributed by atoms with Crippen LogP contribution >= 0.6 is 11.6 Å². The fourth-order valence-electron chi connectivity index (χ4n) is 5.97. The van der Waals surface area contributed by atoms with E-state index in [-0.39, 0.29) is 54.0 Å². The lowest BCUT2D eigenvalue weighted by Gasteiger charge is -2.08. The van der Waals surface area contributed by atoms with E-state index in [1.807, 2.05) is 31.7 Å². The summed E-state index contributed by atoms with van der Waals surface area (Å²) in [5.41, 5.74) is 5.23. The van der Waals surface area contributed by atoms with E-state index >= 15 is 0 Å². The van der Waals surface area contributed by atoms with Crippen molar-refractivity contribution in [2.45, 2.75) is 73.1 Å². The number of aromatic amines is 1. The first kappa shape index (κ1) is 50.9. The maximum Gasteiger partial charge on any atom is 0.573 e. The quantitative estimate of drug-likeness (QED) is 0.106. The number of rotatable bonds is 9. The van der Waals surface area contributed by atoms with E-state index in [4.69, 9.17) is 25.4 Å². The SMILES string of the molecule is C.C1CCOC1.Cc1cc(CCl)n(C)c1.Cc1cc(Cn2nc(-c3nc(-c4ccc(OC(F)(F)F)cc4)no3)nc2C)n(C)n1.Cc1nc(-c2nc(-c3ccc(OC(F)(F)F)cc3)no2)n[nH]1. The van der Waals surface area contributed by atoms with Crippen LogP contribution in [-0.2, 0) is 31.3 Å². The van der Waals surface area contributed by atoms with E-state index in [0.717, 1.165) is 36.7 Å². The Bertz CT molecular complexity index is 2760. The van der Waals surface area contributed by atoms with E-state index in [1.54, 1.807) is 23.2 Å². The van der Waals surface area contributed by atoms with Crippen molar-refractivity contribution in [1.29, 1.82) is 0 Å². The van der Waals surface area contributed by atoms with Crippen molar-refractivity contribution >= 4 is 11.6 Å². The van der Waals surface area contributed by atoms with Crippen molar-refractivity contribution in [3.05, 3.63) is 101 Å². The van der Waals surface area contributed by atoms with Gasteiger partial charge in [0.1, 0.15) is 23.1 Å². The number of alkyl halides is 7. The molecular formula is C42H46ClF6N13O5. The first-order chi connectivity index (χ1) is 31.3. The molecular weight excluding hydrogens is 916 g/mol. The van der Waals surface area contributed by atoms with Crippen LogP contribution in [0, 0.1) is 27.7 Å². The fourth-order valence-corrected chi connectivity index (χ4v) is 6.24. The molecule has 1 aliphatic rings. The van der Waals surface area contributed by atoms with Gasteiger partial charge in [0.2, 0.25) is 23.3 Å². The van der Waals surface area contributed by atoms with Gasteiger partial charge in [-0.15, -0.1) is 48.1 Å². The maximum atomic E-state index is 12.3. The highest BCUT2D eigenvalue weighted by Gasteiger charge is 2.32. The van der Waals surface area contributed by atoms with Crippen LogP contribution in [0.3, 0.4) is 0 Å². The minimum absolute atomic E-state index is 0. The molecule has 0 atom stereocenters. The van der Waals surface area contributed by atoms with E-state index in [0.29, 0.717) is 35.2 Å². The second-order valence-electron chi connectivity index (χ2n) is 14.3. The average molecular weight is 962 g/mol. The number of benzene rings is 2. The summed E-state index contributed by atoms with van der Waals surface area (Å²) in [6, 6.07) is 14.3. The Hall–Kier alpha value is -7.08. The number of nitrogens with one attached hydrogen (secondary N) is 1. The first-order valence-electron chi connectivity index (χ1n) is 19.8. The van der Waals surface area contributed by atoms with Gasteiger partial charge in [0.25, 0.3) is 11.8 Å². The molecule has 1 saturated heterocycles. The molecule has 0 amide bonds. The Kier molecular flexibility index (Phi) is 17.0. The number of H-pyrrole nitrogens is 1. The van der Waals surface area contributed by atoms with Gasteiger partial charge in [0.05, 0.1) is 23.8 Å². The van der Waals surface area contributed by atoms with Crippen LogP contribution in [0.15, 0.2) is 75.9 Å². The Morgan fingerprint density at radius 2 is 1.22 bits per heavy atom. The summed E-state index contributed by atoms with van der Waals surface area (Å²) in [5.74, 6) is 2.27. The number of ether oxygens (including phenoxy) is 3. The first-order valence-corrected chi connectivity index (χ1v) is 20.3. The lowest BCUT2D eigenvalue weighted by Crippen LogP contribution is -2.16. The lowest BCUT2D eigenvalue weighted by atomic mass is 10.2. The summed E-state index contributed by atoms with van der Waals surface area (Å²) < 4.78 is 101. The summed E-state index contributed by atoms with van der Waals surface area (Å²) in [7, 11) is 3.86. The molecule has 358 valence electrons. The standard InChI is InChI=1S/C18H16F3N7O2.C12H8F3N5O2.C7H10ClN.C4H8O.CH4/c1-10-8-13(27(3)24-10)9-28-11(2)22-16(25-28)17-23-15(26-30-17)12-4-6-14(7-5-12)29-18(19,20)21;1-6-16-10(19-18-6)11-17-9(20-22-11)7-2-4-8(5-3-7)21-12(13,14)15;1-6-3-7(4-8)9(2)5-6;1-2-4-5-3-1;/h4-8H,9H2,1-3H3;2-5H,1H3,(H,16,18,19);3,5H,4H2,1-2H3;1-4H2;1H4. The van der Waals surface area contributed by atoms with Crippen LogP contribution in [0.4, 0.5) is 26.3 Å². The van der Waals surface area contributed by atoms with Crippen LogP contribution in [0.2, 0.25) is 0 Å². The van der Waals surface area contributed by atoms with E-state index in [2.05, 4.69) is 79.3 Å². The number of nitrogens with zero attached hydrogens (tertiary/aromatic N) is 12. The third-order valence-electron chi connectivity index (χ3n) is 9.00. The molecule has 9 rings (SSSR count). The predicted octanol–water partition coefficient (Wildman–Crippen LogP) is 9.53. The molecule has 0 spiro atoms. The molecule has 67 heavy (non-hydrogen) atoms. The molecule has 7 heterocycles. The molecule has 18 nitrogen and oxygen atoms in total. The largest absolute Gasteiger partial charge is 0.573 e. The van der Waals surface area contributed by atoms with E-state index < -0.39 is 12.7 Å². The molecule has 0 saturated carbocycles. The summed E-state index contributed by atoms with van der Waals surface area (Å²) in [4.78, 5) is 16.7. The molecule has 1 aliphatic heterocycles. The van der Waals surface area contributed by atoms with Gasteiger partial charge in [-0.25, -0.2) is 14.6 Å². The number of aryl methyl sites for hydroxylation is 6. The molecule has 8 aromatic rings. The van der Waals surface area contributed by atoms with Gasteiger partial charge in [-0.2, -0.15) is 15.1 Å². The zero-order valence-corrected chi connectivity index (χ0v) is 36.9. The molecule has 0 unspecified atom stereocenters. The van der Waals surface area contributed by atoms with Gasteiger partial charge in [-0.3, -0.25) is 9.78 Å². The fraction of sp³-hybridized carbons (Fsp3) is 0.357. The van der Waals surface area contributed by atoms with Crippen molar-refractivity contribution in [3.63, 3.8) is 0 Å². The molecule has 1 fully saturated rings. The van der Waals surface area contributed by atoms with Crippen molar-refractivity contribution in [3.8, 4) is 57.7 Å². The van der Waals surface area contributed by atoms with Gasteiger partial charge < -0.3 is 27.8 Å². The minimum Gasteiger partial charge on any atom is -0.406 e. The normalized spacial score (nSPS) is 12.3. The third kappa shape index (κ3) is 15.0. The predicted molar refractivity (Wildman–Crippen MR) is 230 cm³/mol. The van der Waals surface area contributed by atoms with Crippen LogP contribution in [-0.4, -0.2) is 90.5 Å². The second-order valence-corrected chi connectivity index (χ2v) is 14.6. The smallest absolute Gasteiger partial charge is 0.406 e. The molecule has 0 aliphatic carbocycles. The molecule has 1 N–H and O–H groups in total. The average Bonchev–Trinajstić information content (AvgIpc) is 4.11. The molecule has 0 radical (unpaired) electrons. The minimum atomic E-state index is -4.75. The van der Waals surface area contributed by atoms with Gasteiger partial charge in [0, 0.05) is 50.3 Å². The Morgan fingerprint density at radius 3 is 1.61 bits per heavy atom. The van der Waals surface area contributed by atoms with Crippen LogP contribution in [0.5, 0.6) is 11.5 Å². The molecule has 6 aromatic heterocycles. The zero-order chi connectivity index (χ0) is 47.6. The van der Waals surface area contributed by atoms with Gasteiger partial charge in [-0.05, 0) is 107 Å². The van der Waals surface area contributed by atoms with Crippen molar-refractivity contribution in [2.75, 3.05) is 13.2 Å². The number of aromatic nitrogens is 13.